The zero-order valence-corrected chi connectivity index (χ0v) is 10.7. The van der Waals surface area contributed by atoms with Gasteiger partial charge in [-0.05, 0) is 12.1 Å². The molecule has 1 aromatic carbocycles. The van der Waals surface area contributed by atoms with Crippen molar-refractivity contribution in [2.24, 2.45) is 0 Å². The molecule has 92 valence electrons. The Balaban J connectivity index is 2.89. The highest BCUT2D eigenvalue weighted by Crippen LogP contribution is 2.13. The first-order valence-electron chi connectivity index (χ1n) is 5.02. The molecule has 0 N–H and O–H groups in total. The van der Waals surface area contributed by atoms with E-state index < -0.39 is 9.84 Å². The van der Waals surface area contributed by atoms with Crippen molar-refractivity contribution in [3.63, 3.8) is 0 Å². The van der Waals surface area contributed by atoms with Gasteiger partial charge in [0, 0.05) is 19.7 Å². The second-order valence-electron chi connectivity index (χ2n) is 3.88. The maximum absolute atomic E-state index is 11.9. The molecule has 4 nitrogen and oxygen atoms in total. The highest BCUT2D eigenvalue weighted by molar-refractivity contribution is 7.91. The normalized spacial score (nSPS) is 10.9. The molecule has 0 radical (unpaired) electrons. The average molecular weight is 253 g/mol. The number of likely N-dealkylation sites (N-methyl/N-ethyl adjacent to an activating group) is 1. The Hall–Kier alpha value is -1.62. The van der Waals surface area contributed by atoms with E-state index in [2.05, 4.69) is 6.58 Å². The van der Waals surface area contributed by atoms with Gasteiger partial charge in [-0.2, -0.15) is 0 Å². The van der Waals surface area contributed by atoms with Crippen molar-refractivity contribution in [2.45, 2.75) is 4.90 Å². The molecule has 0 aliphatic carbocycles. The summed E-state index contributed by atoms with van der Waals surface area (Å²) in [6, 6.07) is 8.02. The summed E-state index contributed by atoms with van der Waals surface area (Å²) in [4.78, 5) is 13.0. The largest absolute Gasteiger partial charge is 0.345 e. The van der Waals surface area contributed by atoms with Gasteiger partial charge in [0.2, 0.25) is 5.91 Å². The van der Waals surface area contributed by atoms with Crippen LogP contribution in [-0.4, -0.2) is 39.1 Å². The van der Waals surface area contributed by atoms with E-state index in [1.807, 2.05) is 0 Å². The number of rotatable bonds is 4. The van der Waals surface area contributed by atoms with Crippen molar-refractivity contribution in [3.05, 3.63) is 42.5 Å². The predicted octanol–water partition coefficient (Wildman–Crippen LogP) is 1.10. The van der Waals surface area contributed by atoms with Crippen molar-refractivity contribution in [3.8, 4) is 0 Å². The van der Waals surface area contributed by atoms with Crippen molar-refractivity contribution < 1.29 is 13.2 Å². The maximum atomic E-state index is 11.9. The molecule has 0 saturated heterocycles. The lowest BCUT2D eigenvalue weighted by atomic mass is 10.3. The summed E-state index contributed by atoms with van der Waals surface area (Å²) in [5, 5.41) is 0. The Labute approximate surface area is 101 Å². The van der Waals surface area contributed by atoms with Crippen LogP contribution in [0.2, 0.25) is 0 Å². The van der Waals surface area contributed by atoms with Gasteiger partial charge >= 0.3 is 0 Å². The molecule has 0 aliphatic heterocycles. The topological polar surface area (TPSA) is 54.5 Å². The van der Waals surface area contributed by atoms with Crippen molar-refractivity contribution in [1.29, 1.82) is 0 Å². The lowest BCUT2D eigenvalue weighted by Crippen LogP contribution is -2.26. The van der Waals surface area contributed by atoms with Gasteiger partial charge in [0.1, 0.15) is 0 Å². The monoisotopic (exact) mass is 253 g/mol. The average Bonchev–Trinajstić information content (AvgIpc) is 2.28. The third-order valence-corrected chi connectivity index (χ3v) is 3.89. The Morgan fingerprint density at radius 3 is 2.24 bits per heavy atom. The van der Waals surface area contributed by atoms with E-state index in [1.54, 1.807) is 32.3 Å². The SMILES string of the molecule is C=C(CS(=O)(=O)c1ccccc1)C(=O)N(C)C. The van der Waals surface area contributed by atoms with Crippen molar-refractivity contribution in [2.75, 3.05) is 19.8 Å². The van der Waals surface area contributed by atoms with Gasteiger partial charge < -0.3 is 4.90 Å². The lowest BCUT2D eigenvalue weighted by Gasteiger charge is -2.12. The van der Waals surface area contributed by atoms with E-state index in [0.717, 1.165) is 0 Å². The maximum Gasteiger partial charge on any atom is 0.249 e. The molecule has 0 unspecified atom stereocenters. The van der Waals surface area contributed by atoms with Crippen molar-refractivity contribution in [1.82, 2.24) is 4.90 Å². The van der Waals surface area contributed by atoms with E-state index >= 15 is 0 Å². The van der Waals surface area contributed by atoms with Gasteiger partial charge in [-0.1, -0.05) is 24.8 Å². The van der Waals surface area contributed by atoms with Gasteiger partial charge in [-0.25, -0.2) is 8.42 Å². The quantitative estimate of drug-likeness (QED) is 0.755. The first kappa shape index (κ1) is 13.4. The number of hydrogen-bond donors (Lipinski definition) is 0. The lowest BCUT2D eigenvalue weighted by molar-refractivity contribution is -0.124. The molecule has 17 heavy (non-hydrogen) atoms. The second-order valence-corrected chi connectivity index (χ2v) is 5.86. The molecular formula is C12H15NO3S. The van der Waals surface area contributed by atoms with Gasteiger partial charge in [0.15, 0.2) is 9.84 Å². The summed E-state index contributed by atoms with van der Waals surface area (Å²) in [5.41, 5.74) is 0.0684. The van der Waals surface area contributed by atoms with Gasteiger partial charge in [0.25, 0.3) is 0 Å². The minimum atomic E-state index is -3.49. The molecule has 1 aromatic rings. The first-order valence-corrected chi connectivity index (χ1v) is 6.67. The fraction of sp³-hybridized carbons (Fsp3) is 0.250. The number of nitrogens with zero attached hydrogens (tertiary/aromatic N) is 1. The number of carbonyl (C=O) groups excluding carboxylic acids is 1. The van der Waals surface area contributed by atoms with Crippen LogP contribution in [0.15, 0.2) is 47.4 Å². The number of amides is 1. The number of benzene rings is 1. The Bertz CT molecular complexity index is 518. The smallest absolute Gasteiger partial charge is 0.249 e. The standard InChI is InChI=1S/C12H15NO3S/c1-10(12(14)13(2)3)9-17(15,16)11-7-5-4-6-8-11/h4-8H,1,9H2,2-3H3. The summed E-state index contributed by atoms with van der Waals surface area (Å²) in [5.74, 6) is -0.724. The number of sulfone groups is 1. The molecule has 1 amide bonds. The van der Waals surface area contributed by atoms with Crippen LogP contribution in [0.4, 0.5) is 0 Å². The molecule has 0 aliphatic rings. The summed E-state index contributed by atoms with van der Waals surface area (Å²) < 4.78 is 23.9. The predicted molar refractivity (Wildman–Crippen MR) is 66.3 cm³/mol. The fourth-order valence-electron chi connectivity index (χ4n) is 1.32. The van der Waals surface area contributed by atoms with Crippen LogP contribution in [-0.2, 0) is 14.6 Å². The second kappa shape index (κ2) is 5.14. The molecule has 0 saturated carbocycles. The van der Waals surface area contributed by atoms with Gasteiger partial charge in [-0.15, -0.1) is 0 Å². The molecule has 0 spiro atoms. The van der Waals surface area contributed by atoms with Crippen LogP contribution in [0.25, 0.3) is 0 Å². The summed E-state index contributed by atoms with van der Waals surface area (Å²) in [6.07, 6.45) is 0. The summed E-state index contributed by atoms with van der Waals surface area (Å²) in [7, 11) is -0.369. The van der Waals surface area contributed by atoms with Crippen molar-refractivity contribution >= 4 is 15.7 Å². The molecule has 0 bridgehead atoms. The Kier molecular flexibility index (Phi) is 4.07. The third kappa shape index (κ3) is 3.42. The molecule has 0 fully saturated rings. The number of carbonyl (C=O) groups is 1. The van der Waals surface area contributed by atoms with Crippen LogP contribution in [0.5, 0.6) is 0 Å². The first-order chi connectivity index (χ1) is 7.84. The van der Waals surface area contributed by atoms with Crippen LogP contribution < -0.4 is 0 Å². The van der Waals surface area contributed by atoms with Gasteiger partial charge in [-0.3, -0.25) is 4.79 Å². The molecule has 0 aromatic heterocycles. The van der Waals surface area contributed by atoms with Crippen LogP contribution in [0, 0.1) is 0 Å². The fourth-order valence-corrected chi connectivity index (χ4v) is 2.64. The summed E-state index contributed by atoms with van der Waals surface area (Å²) >= 11 is 0. The highest BCUT2D eigenvalue weighted by Gasteiger charge is 2.20. The molecule has 0 atom stereocenters. The minimum absolute atomic E-state index is 0.0684. The van der Waals surface area contributed by atoms with Crippen LogP contribution >= 0.6 is 0 Å². The minimum Gasteiger partial charge on any atom is -0.345 e. The number of hydrogen-bond acceptors (Lipinski definition) is 3. The van der Waals surface area contributed by atoms with E-state index in [0.29, 0.717) is 0 Å². The van der Waals surface area contributed by atoms with E-state index in [1.165, 1.54) is 17.0 Å². The van der Waals surface area contributed by atoms with Gasteiger partial charge in [0.05, 0.1) is 10.6 Å². The molecule has 5 heteroatoms. The molecule has 1 rings (SSSR count). The molecular weight excluding hydrogens is 238 g/mol. The Morgan fingerprint density at radius 1 is 1.24 bits per heavy atom. The third-order valence-electron chi connectivity index (χ3n) is 2.18. The zero-order valence-electron chi connectivity index (χ0n) is 9.88. The summed E-state index contributed by atoms with van der Waals surface area (Å²) in [6.45, 7) is 3.52. The highest BCUT2D eigenvalue weighted by atomic mass is 32.2. The molecule has 0 heterocycles. The van der Waals surface area contributed by atoms with E-state index in [-0.39, 0.29) is 22.1 Å². The zero-order chi connectivity index (χ0) is 13.1. The van der Waals surface area contributed by atoms with Crippen LogP contribution in [0.1, 0.15) is 0 Å². The van der Waals surface area contributed by atoms with E-state index in [4.69, 9.17) is 0 Å². The van der Waals surface area contributed by atoms with E-state index in [9.17, 15) is 13.2 Å². The van der Waals surface area contributed by atoms with Crippen LogP contribution in [0.3, 0.4) is 0 Å². The Morgan fingerprint density at radius 2 is 1.76 bits per heavy atom.